The third-order valence-corrected chi connectivity index (χ3v) is 6.82. The van der Waals surface area contributed by atoms with Gasteiger partial charge in [-0.1, -0.05) is 49.4 Å². The molecule has 2 aromatic carbocycles. The van der Waals surface area contributed by atoms with Gasteiger partial charge in [0.05, 0.1) is 27.9 Å². The van der Waals surface area contributed by atoms with Crippen molar-refractivity contribution in [3.05, 3.63) is 71.1 Å². The quantitative estimate of drug-likeness (QED) is 0.448. The summed E-state index contributed by atoms with van der Waals surface area (Å²) in [5.74, 6) is -1.56. The van der Waals surface area contributed by atoms with Crippen LogP contribution in [-0.2, 0) is 25.1 Å². The van der Waals surface area contributed by atoms with Crippen LogP contribution in [0.1, 0.15) is 34.6 Å². The minimum Gasteiger partial charge on any atom is -0.462 e. The van der Waals surface area contributed by atoms with Gasteiger partial charge in [0.15, 0.2) is 6.61 Å². The van der Waals surface area contributed by atoms with E-state index in [1.165, 1.54) is 17.4 Å². The molecule has 0 aliphatic heterocycles. The smallest absolute Gasteiger partial charge is 0.341 e. The first-order valence-electron chi connectivity index (χ1n) is 10.2. The molecule has 0 spiro atoms. The van der Waals surface area contributed by atoms with E-state index in [0.717, 1.165) is 5.56 Å². The van der Waals surface area contributed by atoms with E-state index in [1.807, 2.05) is 30.3 Å². The summed E-state index contributed by atoms with van der Waals surface area (Å²) in [4.78, 5) is 38.0. The van der Waals surface area contributed by atoms with E-state index in [2.05, 4.69) is 5.32 Å². The molecule has 0 saturated carbocycles. The molecule has 0 aliphatic rings. The lowest BCUT2D eigenvalue weighted by molar-refractivity contribution is -0.119. The topological polar surface area (TPSA) is 98.8 Å². The predicted molar refractivity (Wildman–Crippen MR) is 128 cm³/mol. The summed E-state index contributed by atoms with van der Waals surface area (Å²) in [5.41, 5.74) is 1.85. The number of anilines is 1. The van der Waals surface area contributed by atoms with Crippen molar-refractivity contribution in [3.8, 4) is 11.1 Å². The molecule has 3 aromatic rings. The molecule has 1 aromatic heterocycles. The number of nitrogens with one attached hydrogen (secondary N) is 1. The van der Waals surface area contributed by atoms with E-state index in [1.54, 1.807) is 37.4 Å². The molecule has 0 bridgehead atoms. The summed E-state index contributed by atoms with van der Waals surface area (Å²) in [5, 5.41) is 4.71. The van der Waals surface area contributed by atoms with Crippen molar-refractivity contribution in [2.24, 2.45) is 0 Å². The lowest BCUT2D eigenvalue weighted by atomic mass is 10.0. The zero-order valence-corrected chi connectivity index (χ0v) is 19.8. The number of carbonyl (C=O) groups excluding carboxylic acids is 3. The van der Waals surface area contributed by atoms with Crippen LogP contribution in [0.5, 0.6) is 0 Å². The van der Waals surface area contributed by atoms with Crippen molar-refractivity contribution in [3.63, 3.8) is 0 Å². The van der Waals surface area contributed by atoms with Gasteiger partial charge in [-0.15, -0.1) is 11.3 Å². The number of esters is 2. The molecule has 0 fully saturated rings. The third-order valence-electron chi connectivity index (χ3n) is 4.56. The minimum atomic E-state index is -1.35. The van der Waals surface area contributed by atoms with Gasteiger partial charge >= 0.3 is 11.9 Å². The molecule has 1 atom stereocenters. The van der Waals surface area contributed by atoms with Gasteiger partial charge < -0.3 is 14.8 Å². The maximum absolute atomic E-state index is 12.6. The zero-order valence-electron chi connectivity index (χ0n) is 18.2. The molecule has 3 rings (SSSR count). The summed E-state index contributed by atoms with van der Waals surface area (Å²) < 4.78 is 22.5. The van der Waals surface area contributed by atoms with Crippen molar-refractivity contribution < 1.29 is 28.1 Å². The van der Waals surface area contributed by atoms with E-state index in [-0.39, 0.29) is 17.7 Å². The van der Waals surface area contributed by atoms with Crippen LogP contribution in [0.4, 0.5) is 5.00 Å². The summed E-state index contributed by atoms with van der Waals surface area (Å²) in [6, 6.07) is 15.7. The Labute approximate surface area is 198 Å². The molecule has 0 aliphatic carbocycles. The average Bonchev–Trinajstić information content (AvgIpc) is 3.26. The summed E-state index contributed by atoms with van der Waals surface area (Å²) in [6.45, 7) is 3.07. The molecule has 9 heteroatoms. The molecule has 0 saturated heterocycles. The van der Waals surface area contributed by atoms with Crippen LogP contribution in [0.3, 0.4) is 0 Å². The number of benzene rings is 2. The van der Waals surface area contributed by atoms with Crippen LogP contribution in [-0.4, -0.2) is 41.0 Å². The number of rotatable bonds is 9. The largest absolute Gasteiger partial charge is 0.462 e. The standard InChI is InChI=1S/C24H23NO6S2/c1-3-30-24(28)21-18(16-10-6-5-7-11-16)15-32-22(21)25-20(26)14-31-23(27)17-12-8-9-13-19(17)33(29)4-2/h5-13,15H,3-4,14H2,1-2H3,(H,25,26). The van der Waals surface area contributed by atoms with E-state index in [4.69, 9.17) is 9.47 Å². The van der Waals surface area contributed by atoms with Crippen molar-refractivity contribution >= 4 is 45.0 Å². The van der Waals surface area contributed by atoms with Crippen LogP contribution in [0.2, 0.25) is 0 Å². The summed E-state index contributed by atoms with van der Waals surface area (Å²) in [7, 11) is -1.35. The highest BCUT2D eigenvalue weighted by atomic mass is 32.2. The molecular weight excluding hydrogens is 462 g/mol. The molecule has 1 N–H and O–H groups in total. The maximum atomic E-state index is 12.6. The highest BCUT2D eigenvalue weighted by molar-refractivity contribution is 7.85. The van der Waals surface area contributed by atoms with Crippen LogP contribution in [0.15, 0.2) is 64.9 Å². The van der Waals surface area contributed by atoms with Crippen molar-refractivity contribution in [2.75, 3.05) is 24.3 Å². The van der Waals surface area contributed by atoms with Gasteiger partial charge in [0.1, 0.15) is 10.6 Å². The summed E-state index contributed by atoms with van der Waals surface area (Å²) >= 11 is 1.18. The van der Waals surface area contributed by atoms with Crippen LogP contribution >= 0.6 is 11.3 Å². The molecule has 33 heavy (non-hydrogen) atoms. The number of hydrogen-bond acceptors (Lipinski definition) is 7. The maximum Gasteiger partial charge on any atom is 0.341 e. The number of hydrogen-bond donors (Lipinski definition) is 1. The Balaban J connectivity index is 1.75. The number of ether oxygens (including phenoxy) is 2. The van der Waals surface area contributed by atoms with Crippen LogP contribution in [0.25, 0.3) is 11.1 Å². The van der Waals surface area contributed by atoms with Crippen molar-refractivity contribution in [1.29, 1.82) is 0 Å². The Morgan fingerprint density at radius 2 is 1.64 bits per heavy atom. The monoisotopic (exact) mass is 485 g/mol. The Morgan fingerprint density at radius 3 is 2.33 bits per heavy atom. The molecule has 7 nitrogen and oxygen atoms in total. The van der Waals surface area contributed by atoms with Crippen molar-refractivity contribution in [2.45, 2.75) is 18.7 Å². The van der Waals surface area contributed by atoms with Gasteiger partial charge in [-0.3, -0.25) is 9.00 Å². The second-order valence-corrected chi connectivity index (χ2v) is 9.28. The van der Waals surface area contributed by atoms with Gasteiger partial charge in [-0.05, 0) is 24.6 Å². The molecule has 172 valence electrons. The average molecular weight is 486 g/mol. The van der Waals surface area contributed by atoms with Gasteiger partial charge in [0.2, 0.25) is 0 Å². The second-order valence-electron chi connectivity index (χ2n) is 6.69. The normalized spacial score (nSPS) is 11.5. The van der Waals surface area contributed by atoms with Gasteiger partial charge in [0.25, 0.3) is 5.91 Å². The fraction of sp³-hybridized carbons (Fsp3) is 0.208. The van der Waals surface area contributed by atoms with Gasteiger partial charge in [0, 0.05) is 16.7 Å². The molecule has 1 amide bonds. The highest BCUT2D eigenvalue weighted by Crippen LogP contribution is 2.36. The van der Waals surface area contributed by atoms with E-state index >= 15 is 0 Å². The Morgan fingerprint density at radius 1 is 0.939 bits per heavy atom. The van der Waals surface area contributed by atoms with Crippen LogP contribution < -0.4 is 5.32 Å². The lowest BCUT2D eigenvalue weighted by Crippen LogP contribution is -2.22. The SMILES string of the molecule is CCOC(=O)c1c(-c2ccccc2)csc1NC(=O)COC(=O)c1ccccc1S(=O)CC. The fourth-order valence-electron chi connectivity index (χ4n) is 3.05. The van der Waals surface area contributed by atoms with E-state index in [0.29, 0.717) is 21.2 Å². The predicted octanol–water partition coefficient (Wildman–Crippen LogP) is 4.51. The Hall–Kier alpha value is -3.30. The fourth-order valence-corrected chi connectivity index (χ4v) is 4.96. The molecule has 0 radical (unpaired) electrons. The van der Waals surface area contributed by atoms with E-state index < -0.39 is 35.3 Å². The Kier molecular flexibility index (Phi) is 8.51. The highest BCUT2D eigenvalue weighted by Gasteiger charge is 2.23. The molecule has 1 heterocycles. The molecule has 1 unspecified atom stereocenters. The van der Waals surface area contributed by atoms with Crippen LogP contribution in [0, 0.1) is 0 Å². The summed E-state index contributed by atoms with van der Waals surface area (Å²) in [6.07, 6.45) is 0. The van der Waals surface area contributed by atoms with E-state index in [9.17, 15) is 18.6 Å². The number of amides is 1. The number of thiophene rings is 1. The molecular formula is C24H23NO6S2. The first kappa shape index (κ1) is 24.3. The minimum absolute atomic E-state index is 0.153. The lowest BCUT2D eigenvalue weighted by Gasteiger charge is -2.10. The zero-order chi connectivity index (χ0) is 23.8. The van der Waals surface area contributed by atoms with Gasteiger partial charge in [-0.25, -0.2) is 9.59 Å². The first-order valence-corrected chi connectivity index (χ1v) is 12.4. The third kappa shape index (κ3) is 5.94. The Bertz CT molecular complexity index is 1170. The van der Waals surface area contributed by atoms with Crippen molar-refractivity contribution in [1.82, 2.24) is 0 Å². The number of carbonyl (C=O) groups is 3. The van der Waals surface area contributed by atoms with Gasteiger partial charge in [-0.2, -0.15) is 0 Å². The first-order chi connectivity index (χ1) is 16.0. The second kappa shape index (κ2) is 11.5.